The summed E-state index contributed by atoms with van der Waals surface area (Å²) in [6.07, 6.45) is 1.77. The van der Waals surface area contributed by atoms with Crippen LogP contribution in [-0.2, 0) is 0 Å². The zero-order valence-corrected chi connectivity index (χ0v) is 11.7. The van der Waals surface area contributed by atoms with Crippen LogP contribution in [0.2, 0.25) is 5.02 Å². The first kappa shape index (κ1) is 13.8. The fourth-order valence-electron chi connectivity index (χ4n) is 1.59. The number of aromatic nitrogens is 1. The van der Waals surface area contributed by atoms with Crippen molar-refractivity contribution in [2.75, 3.05) is 11.9 Å². The first-order valence-electron chi connectivity index (χ1n) is 5.65. The van der Waals surface area contributed by atoms with Crippen LogP contribution >= 0.6 is 22.9 Å². The molecule has 1 aromatic heterocycles. The van der Waals surface area contributed by atoms with Gasteiger partial charge in [-0.3, -0.25) is 10.1 Å². The Kier molecular flexibility index (Phi) is 4.34. The molecule has 1 atom stereocenters. The summed E-state index contributed by atoms with van der Waals surface area (Å²) in [7, 11) is 0. The Morgan fingerprint density at radius 3 is 2.95 bits per heavy atom. The van der Waals surface area contributed by atoms with E-state index in [4.69, 9.17) is 11.6 Å². The molecule has 2 rings (SSSR count). The van der Waals surface area contributed by atoms with Gasteiger partial charge >= 0.3 is 0 Å². The lowest BCUT2D eigenvalue weighted by Crippen LogP contribution is -2.09. The molecule has 0 saturated carbocycles. The number of hydrogen-bond acceptors (Lipinski definition) is 5. The van der Waals surface area contributed by atoms with Crippen molar-refractivity contribution in [1.82, 2.24) is 4.98 Å². The zero-order chi connectivity index (χ0) is 13.8. The molecule has 5 nitrogen and oxygen atoms in total. The van der Waals surface area contributed by atoms with Crippen LogP contribution in [0.4, 0.5) is 11.4 Å². The first-order valence-corrected chi connectivity index (χ1v) is 6.91. The van der Waals surface area contributed by atoms with Crippen molar-refractivity contribution in [3.63, 3.8) is 0 Å². The first-order chi connectivity index (χ1) is 9.08. The molecule has 0 bridgehead atoms. The fourth-order valence-corrected chi connectivity index (χ4v) is 2.53. The van der Waals surface area contributed by atoms with Gasteiger partial charge in [-0.15, -0.1) is 11.3 Å². The molecule has 19 heavy (non-hydrogen) atoms. The van der Waals surface area contributed by atoms with Crippen molar-refractivity contribution in [2.24, 2.45) is 0 Å². The largest absolute Gasteiger partial charge is 0.383 e. The lowest BCUT2D eigenvalue weighted by molar-refractivity contribution is -0.384. The predicted molar refractivity (Wildman–Crippen MR) is 77.1 cm³/mol. The molecule has 7 heteroatoms. The smallest absolute Gasteiger partial charge is 0.271 e. The summed E-state index contributed by atoms with van der Waals surface area (Å²) in [5.74, 6) is 0.256. The number of thiazole rings is 1. The van der Waals surface area contributed by atoms with Crippen LogP contribution in [0.15, 0.2) is 29.8 Å². The normalized spacial score (nSPS) is 12.1. The Morgan fingerprint density at radius 2 is 2.37 bits per heavy atom. The number of rotatable bonds is 5. The van der Waals surface area contributed by atoms with E-state index >= 15 is 0 Å². The number of benzene rings is 1. The molecule has 1 unspecified atom stereocenters. The molecule has 1 N–H and O–H groups in total. The Labute approximate surface area is 119 Å². The van der Waals surface area contributed by atoms with Crippen LogP contribution in [0.25, 0.3) is 0 Å². The maximum atomic E-state index is 10.6. The second kappa shape index (κ2) is 5.99. The van der Waals surface area contributed by atoms with Gasteiger partial charge in [0, 0.05) is 36.2 Å². The Balaban J connectivity index is 2.02. The summed E-state index contributed by atoms with van der Waals surface area (Å²) in [6, 6.07) is 4.40. The molecule has 0 saturated heterocycles. The second-order valence-electron chi connectivity index (χ2n) is 4.07. The molecule has 0 fully saturated rings. The van der Waals surface area contributed by atoms with Gasteiger partial charge in [-0.05, 0) is 6.07 Å². The number of hydrogen-bond donors (Lipinski definition) is 1. The quantitative estimate of drug-likeness (QED) is 0.671. The van der Waals surface area contributed by atoms with Crippen molar-refractivity contribution in [3.05, 3.63) is 49.9 Å². The SMILES string of the molecule is CC(CNc1ccc([N+](=O)[O-])cc1Cl)c1nccs1. The molecular formula is C12H12ClN3O2S. The van der Waals surface area contributed by atoms with Crippen molar-refractivity contribution < 1.29 is 4.92 Å². The number of nitro groups is 1. The molecule has 1 aromatic carbocycles. The monoisotopic (exact) mass is 297 g/mol. The molecule has 0 radical (unpaired) electrons. The highest BCUT2D eigenvalue weighted by atomic mass is 35.5. The number of anilines is 1. The van der Waals surface area contributed by atoms with Gasteiger partial charge in [0.2, 0.25) is 0 Å². The maximum Gasteiger partial charge on any atom is 0.271 e. The number of halogens is 1. The lowest BCUT2D eigenvalue weighted by atomic mass is 10.2. The van der Waals surface area contributed by atoms with Gasteiger partial charge in [0.1, 0.15) is 0 Å². The lowest BCUT2D eigenvalue weighted by Gasteiger charge is -2.12. The number of non-ortho nitro benzene ring substituents is 1. The molecule has 1 heterocycles. The Hall–Kier alpha value is -1.66. The number of nitrogens with one attached hydrogen (secondary N) is 1. The van der Waals surface area contributed by atoms with Crippen molar-refractivity contribution >= 4 is 34.3 Å². The van der Waals surface area contributed by atoms with Crippen LogP contribution in [0.1, 0.15) is 17.8 Å². The highest BCUT2D eigenvalue weighted by molar-refractivity contribution is 7.09. The standard InChI is InChI=1S/C12H12ClN3O2S/c1-8(12-14-4-5-19-12)7-15-11-3-2-9(16(17)18)6-10(11)13/h2-6,8,15H,7H2,1H3. The molecule has 0 aliphatic rings. The third-order valence-corrected chi connectivity index (χ3v) is 3.95. The zero-order valence-electron chi connectivity index (χ0n) is 10.2. The van der Waals surface area contributed by atoms with Crippen molar-refractivity contribution in [3.8, 4) is 0 Å². The van der Waals surface area contributed by atoms with Crippen LogP contribution in [0, 0.1) is 10.1 Å². The highest BCUT2D eigenvalue weighted by Gasteiger charge is 2.11. The summed E-state index contributed by atoms with van der Waals surface area (Å²) < 4.78 is 0. The Morgan fingerprint density at radius 1 is 1.58 bits per heavy atom. The average molecular weight is 298 g/mol. The van der Waals surface area contributed by atoms with Crippen LogP contribution in [-0.4, -0.2) is 16.5 Å². The molecular weight excluding hydrogens is 286 g/mol. The highest BCUT2D eigenvalue weighted by Crippen LogP contribution is 2.27. The summed E-state index contributed by atoms with van der Waals surface area (Å²) in [5.41, 5.74) is 0.680. The average Bonchev–Trinajstić information content (AvgIpc) is 2.90. The van der Waals surface area contributed by atoms with E-state index in [0.29, 0.717) is 17.3 Å². The summed E-state index contributed by atoms with van der Waals surface area (Å²) in [4.78, 5) is 14.4. The molecule has 2 aromatic rings. The van der Waals surface area contributed by atoms with Gasteiger partial charge in [0.15, 0.2) is 0 Å². The molecule has 100 valence electrons. The summed E-state index contributed by atoms with van der Waals surface area (Å²) >= 11 is 7.61. The van der Waals surface area contributed by atoms with E-state index in [1.807, 2.05) is 5.38 Å². The van der Waals surface area contributed by atoms with E-state index in [1.165, 1.54) is 12.1 Å². The molecule has 0 amide bonds. The van der Waals surface area contributed by atoms with E-state index in [9.17, 15) is 10.1 Å². The van der Waals surface area contributed by atoms with Crippen molar-refractivity contribution in [2.45, 2.75) is 12.8 Å². The summed E-state index contributed by atoms with van der Waals surface area (Å²) in [6.45, 7) is 2.73. The third-order valence-electron chi connectivity index (χ3n) is 2.64. The van der Waals surface area contributed by atoms with Crippen LogP contribution < -0.4 is 5.32 Å². The molecule has 0 aliphatic carbocycles. The minimum atomic E-state index is -0.464. The fraction of sp³-hybridized carbons (Fsp3) is 0.250. The molecule has 0 spiro atoms. The molecule has 0 aliphatic heterocycles. The maximum absolute atomic E-state index is 10.6. The minimum absolute atomic E-state index is 0.0106. The van der Waals surface area contributed by atoms with Crippen LogP contribution in [0.5, 0.6) is 0 Å². The van der Waals surface area contributed by atoms with Crippen molar-refractivity contribution in [1.29, 1.82) is 0 Å². The topological polar surface area (TPSA) is 68.1 Å². The van der Waals surface area contributed by atoms with E-state index < -0.39 is 4.92 Å². The minimum Gasteiger partial charge on any atom is -0.383 e. The number of nitrogens with zero attached hydrogens (tertiary/aromatic N) is 2. The Bertz CT molecular complexity index is 574. The summed E-state index contributed by atoms with van der Waals surface area (Å²) in [5, 5.41) is 17.1. The van der Waals surface area contributed by atoms with E-state index in [0.717, 1.165) is 5.01 Å². The van der Waals surface area contributed by atoms with E-state index in [-0.39, 0.29) is 11.6 Å². The third kappa shape index (κ3) is 3.42. The van der Waals surface area contributed by atoms with E-state index in [1.54, 1.807) is 23.6 Å². The van der Waals surface area contributed by atoms with Gasteiger partial charge in [-0.1, -0.05) is 18.5 Å². The second-order valence-corrected chi connectivity index (χ2v) is 5.41. The van der Waals surface area contributed by atoms with Gasteiger partial charge < -0.3 is 5.32 Å². The number of nitro benzene ring substituents is 1. The predicted octanol–water partition coefficient (Wildman–Crippen LogP) is 3.92. The van der Waals surface area contributed by atoms with Crippen LogP contribution in [0.3, 0.4) is 0 Å². The van der Waals surface area contributed by atoms with Gasteiger partial charge in [0.05, 0.1) is 20.6 Å². The van der Waals surface area contributed by atoms with Gasteiger partial charge in [0.25, 0.3) is 5.69 Å². The van der Waals surface area contributed by atoms with Gasteiger partial charge in [-0.25, -0.2) is 4.98 Å². The van der Waals surface area contributed by atoms with Gasteiger partial charge in [-0.2, -0.15) is 0 Å². The van der Waals surface area contributed by atoms with E-state index in [2.05, 4.69) is 17.2 Å².